The third-order valence-corrected chi connectivity index (χ3v) is 8.90. The highest BCUT2D eigenvalue weighted by atomic mass is 19.4. The van der Waals surface area contributed by atoms with E-state index in [9.17, 15) is 47.4 Å². The van der Waals surface area contributed by atoms with E-state index in [0.29, 0.717) is 77.9 Å². The van der Waals surface area contributed by atoms with Crippen LogP contribution in [-0.2, 0) is 12.4 Å². The molecule has 0 spiro atoms. The zero-order chi connectivity index (χ0) is 35.5. The summed E-state index contributed by atoms with van der Waals surface area (Å²) >= 11 is 0. The van der Waals surface area contributed by atoms with Gasteiger partial charge >= 0.3 is 12.4 Å². The van der Waals surface area contributed by atoms with E-state index >= 15 is 0 Å². The molecule has 0 amide bonds. The Kier molecular flexibility index (Phi) is 7.21. The molecule has 0 radical (unpaired) electrons. The monoisotopic (exact) mass is 666 g/mol. The Morgan fingerprint density at radius 2 is 0.680 bits per heavy atom. The van der Waals surface area contributed by atoms with Crippen LogP contribution < -0.4 is 0 Å². The number of hydrogen-bond donors (Lipinski definition) is 0. The van der Waals surface area contributed by atoms with E-state index in [1.54, 1.807) is 48.5 Å². The predicted molar refractivity (Wildman–Crippen MR) is 173 cm³/mol. The molecule has 0 saturated heterocycles. The first kappa shape index (κ1) is 31.7. The lowest BCUT2D eigenvalue weighted by molar-refractivity contribution is -0.138. The summed E-state index contributed by atoms with van der Waals surface area (Å²) in [6.07, 6.45) is -9.02. The van der Waals surface area contributed by atoms with Crippen molar-refractivity contribution in [3.63, 3.8) is 0 Å². The van der Waals surface area contributed by atoms with Crippen LogP contribution in [0.5, 0.6) is 0 Å². The van der Waals surface area contributed by atoms with Crippen LogP contribution >= 0.6 is 0 Å². The summed E-state index contributed by atoms with van der Waals surface area (Å²) < 4.78 is 79.4. The zero-order valence-corrected chi connectivity index (χ0v) is 25.3. The predicted octanol–water partition coefficient (Wildman–Crippen LogP) is 10.7. The molecule has 0 unspecified atom stereocenters. The standard InChI is InChI=1S/C40H16F6N4/c41-39(42,43)27-7-1-21(2-8-27)23-5-11-29-33(15-23)35(25(17-47)18-48)31-13-14-32-36(26(19-49)20-50)34-16-24(6-12-30(34)38(32)37(29)31)22-3-9-28(10-4-22)40(44,45)46/h1-16H. The fourth-order valence-electron chi connectivity index (χ4n) is 6.68. The van der Waals surface area contributed by atoms with Crippen molar-refractivity contribution in [3.8, 4) is 68.8 Å². The Morgan fingerprint density at radius 1 is 0.380 bits per heavy atom. The topological polar surface area (TPSA) is 95.2 Å². The molecular weight excluding hydrogens is 650 g/mol. The maximum atomic E-state index is 13.2. The van der Waals surface area contributed by atoms with Gasteiger partial charge in [0.2, 0.25) is 0 Å². The van der Waals surface area contributed by atoms with Gasteiger partial charge in [-0.2, -0.15) is 47.4 Å². The summed E-state index contributed by atoms with van der Waals surface area (Å²) in [6, 6.07) is 30.9. The molecule has 5 aromatic carbocycles. The first-order valence-electron chi connectivity index (χ1n) is 14.8. The van der Waals surface area contributed by atoms with E-state index in [0.717, 1.165) is 24.3 Å². The SMILES string of the molecule is N#CC(C#N)=C1c2cc(-c3ccc(C(F)(F)F)cc3)ccc2-c2c1ccc1c2-c2ccc(-c3ccc(C(F)(F)F)cc3)cc2C1=C(C#N)C#N. The molecule has 0 fully saturated rings. The number of benzene rings is 5. The van der Waals surface area contributed by atoms with Gasteiger partial charge in [-0.15, -0.1) is 0 Å². The van der Waals surface area contributed by atoms with Crippen LogP contribution in [-0.4, -0.2) is 0 Å². The summed E-state index contributed by atoms with van der Waals surface area (Å²) in [4.78, 5) is 0. The number of hydrogen-bond acceptors (Lipinski definition) is 4. The molecule has 238 valence electrons. The van der Waals surface area contributed by atoms with Gasteiger partial charge in [0.1, 0.15) is 35.4 Å². The van der Waals surface area contributed by atoms with E-state index in [1.807, 2.05) is 24.3 Å². The molecule has 0 aliphatic heterocycles. The first-order valence-corrected chi connectivity index (χ1v) is 14.8. The van der Waals surface area contributed by atoms with Crippen LogP contribution in [0, 0.1) is 45.3 Å². The maximum absolute atomic E-state index is 13.2. The van der Waals surface area contributed by atoms with Gasteiger partial charge in [-0.1, -0.05) is 60.7 Å². The number of nitrogens with zero attached hydrogens (tertiary/aromatic N) is 4. The molecule has 5 aromatic rings. The van der Waals surface area contributed by atoms with Gasteiger partial charge < -0.3 is 0 Å². The quantitative estimate of drug-likeness (QED) is 0.136. The van der Waals surface area contributed by atoms with Gasteiger partial charge in [-0.25, -0.2) is 0 Å². The fraction of sp³-hybridized carbons (Fsp3) is 0.0500. The molecule has 50 heavy (non-hydrogen) atoms. The van der Waals surface area contributed by atoms with Crippen LogP contribution in [0.3, 0.4) is 0 Å². The number of halogens is 6. The molecule has 4 nitrogen and oxygen atoms in total. The molecule has 2 aliphatic carbocycles. The average molecular weight is 667 g/mol. The number of rotatable bonds is 2. The minimum Gasteiger partial charge on any atom is -0.192 e. The van der Waals surface area contributed by atoms with Crippen molar-refractivity contribution in [2.24, 2.45) is 0 Å². The maximum Gasteiger partial charge on any atom is 0.416 e. The van der Waals surface area contributed by atoms with Crippen molar-refractivity contribution >= 4 is 11.1 Å². The van der Waals surface area contributed by atoms with Gasteiger partial charge in [-0.3, -0.25) is 0 Å². The van der Waals surface area contributed by atoms with E-state index in [2.05, 4.69) is 0 Å². The van der Waals surface area contributed by atoms with Gasteiger partial charge in [0.25, 0.3) is 0 Å². The Bertz CT molecular complexity index is 2320. The van der Waals surface area contributed by atoms with Crippen molar-refractivity contribution in [2.45, 2.75) is 12.4 Å². The molecule has 0 heterocycles. The van der Waals surface area contributed by atoms with Gasteiger partial charge in [0, 0.05) is 11.1 Å². The smallest absolute Gasteiger partial charge is 0.192 e. The van der Waals surface area contributed by atoms with Crippen molar-refractivity contribution in [3.05, 3.63) is 142 Å². The molecule has 0 aromatic heterocycles. The fourth-order valence-corrected chi connectivity index (χ4v) is 6.68. The lowest BCUT2D eigenvalue weighted by Gasteiger charge is -2.11. The summed E-state index contributed by atoms with van der Waals surface area (Å²) in [6.45, 7) is 0. The van der Waals surface area contributed by atoms with Crippen molar-refractivity contribution in [1.29, 1.82) is 21.0 Å². The molecule has 0 saturated carbocycles. The lowest BCUT2D eigenvalue weighted by Crippen LogP contribution is -2.04. The molecule has 10 heteroatoms. The number of fused-ring (bicyclic) bond motifs is 7. The summed E-state index contributed by atoms with van der Waals surface area (Å²) in [7, 11) is 0. The first-order chi connectivity index (χ1) is 23.9. The number of nitriles is 4. The number of allylic oxidation sites excluding steroid dienone is 2. The zero-order valence-electron chi connectivity index (χ0n) is 25.3. The average Bonchev–Trinajstić information content (AvgIpc) is 3.61. The van der Waals surface area contributed by atoms with Crippen molar-refractivity contribution in [1.82, 2.24) is 0 Å². The van der Waals surface area contributed by atoms with E-state index in [-0.39, 0.29) is 11.1 Å². The summed E-state index contributed by atoms with van der Waals surface area (Å²) in [5, 5.41) is 39.9. The Balaban J connectivity index is 1.46. The molecule has 7 rings (SSSR count). The third-order valence-electron chi connectivity index (χ3n) is 8.90. The lowest BCUT2D eigenvalue weighted by atomic mass is 9.91. The highest BCUT2D eigenvalue weighted by Gasteiger charge is 2.37. The van der Waals surface area contributed by atoms with Crippen LogP contribution in [0.4, 0.5) is 26.3 Å². The van der Waals surface area contributed by atoms with Gasteiger partial charge in [0.05, 0.1) is 11.1 Å². The molecule has 2 aliphatic rings. The Labute approximate surface area is 280 Å². The normalized spacial score (nSPS) is 12.4. The second-order valence-electron chi connectivity index (χ2n) is 11.5. The molecule has 0 bridgehead atoms. The molecular formula is C40H16F6N4. The minimum atomic E-state index is -4.51. The summed E-state index contributed by atoms with van der Waals surface area (Å²) in [5.41, 5.74) is 5.34. The third kappa shape index (κ3) is 4.91. The minimum absolute atomic E-state index is 0.184. The van der Waals surface area contributed by atoms with Gasteiger partial charge in [-0.05, 0) is 103 Å². The van der Waals surface area contributed by atoms with Crippen LogP contribution in [0.15, 0.2) is 108 Å². The summed E-state index contributed by atoms with van der Waals surface area (Å²) in [5.74, 6) is 0. The Hall–Kier alpha value is -6.88. The van der Waals surface area contributed by atoms with Gasteiger partial charge in [0.15, 0.2) is 0 Å². The van der Waals surface area contributed by atoms with Crippen molar-refractivity contribution < 1.29 is 26.3 Å². The Morgan fingerprint density at radius 3 is 0.980 bits per heavy atom. The second kappa shape index (κ2) is 11.4. The number of alkyl halides is 6. The molecule has 0 N–H and O–H groups in total. The van der Waals surface area contributed by atoms with Crippen LogP contribution in [0.1, 0.15) is 33.4 Å². The van der Waals surface area contributed by atoms with Crippen LogP contribution in [0.25, 0.3) is 55.7 Å². The van der Waals surface area contributed by atoms with Crippen LogP contribution in [0.2, 0.25) is 0 Å². The molecule has 0 atom stereocenters. The highest BCUT2D eigenvalue weighted by molar-refractivity contribution is 6.16. The largest absolute Gasteiger partial charge is 0.416 e. The van der Waals surface area contributed by atoms with Crippen molar-refractivity contribution in [2.75, 3.05) is 0 Å². The second-order valence-corrected chi connectivity index (χ2v) is 11.5. The highest BCUT2D eigenvalue weighted by Crippen LogP contribution is 2.57. The van der Waals surface area contributed by atoms with E-state index < -0.39 is 23.5 Å². The van der Waals surface area contributed by atoms with E-state index in [1.165, 1.54) is 24.3 Å². The van der Waals surface area contributed by atoms with E-state index in [4.69, 9.17) is 0 Å².